The van der Waals surface area contributed by atoms with Gasteiger partial charge >= 0.3 is 17.8 Å². The summed E-state index contributed by atoms with van der Waals surface area (Å²) in [7, 11) is 4.72. The minimum absolute atomic E-state index is 0.0554. The highest BCUT2D eigenvalue weighted by Crippen LogP contribution is 2.71. The summed E-state index contributed by atoms with van der Waals surface area (Å²) in [5.74, 6) is -21.0. The minimum atomic E-state index is -5.62. The lowest BCUT2D eigenvalue weighted by molar-refractivity contribution is -0.275. The summed E-state index contributed by atoms with van der Waals surface area (Å²) in [4.78, 5) is 0. The molecule has 0 amide bonds. The molecule has 1 aliphatic carbocycles. The molecule has 0 radical (unpaired) electrons. The van der Waals surface area contributed by atoms with Gasteiger partial charge < -0.3 is 18.9 Å². The third kappa shape index (κ3) is 2.94. The minimum Gasteiger partial charge on any atom is -0.487 e. The molecule has 0 bridgehead atoms. The zero-order valence-electron chi connectivity index (χ0n) is 15.5. The van der Waals surface area contributed by atoms with Crippen LogP contribution in [0.4, 0.5) is 26.3 Å². The van der Waals surface area contributed by atoms with Crippen molar-refractivity contribution in [3.05, 3.63) is 23.3 Å². The highest BCUT2D eigenvalue weighted by Gasteiger charge is 2.85. The van der Waals surface area contributed by atoms with Gasteiger partial charge in [0, 0.05) is 11.1 Å². The third-order valence-corrected chi connectivity index (χ3v) is 6.95. The first-order valence-electron chi connectivity index (χ1n) is 8.04. The first-order chi connectivity index (χ1) is 13.5. The lowest BCUT2D eigenvalue weighted by atomic mass is 9.83. The lowest BCUT2D eigenvalue weighted by Crippen LogP contribution is -2.48. The van der Waals surface area contributed by atoms with Gasteiger partial charge in [0.25, 0.3) is 0 Å². The molecule has 0 aliphatic heterocycles. The number of methoxy groups -OCH3 is 4. The normalized spacial score (nSPS) is 24.3. The molecule has 2 atom stereocenters. The Balaban J connectivity index is 2.31. The van der Waals surface area contributed by atoms with E-state index < -0.39 is 40.7 Å². The summed E-state index contributed by atoms with van der Waals surface area (Å²) in [6, 6.07) is 2.03. The maximum atomic E-state index is 14.9. The van der Waals surface area contributed by atoms with Gasteiger partial charge in [-0.25, -0.2) is 0 Å². The Morgan fingerprint density at radius 1 is 0.655 bits per heavy atom. The Morgan fingerprint density at radius 2 is 1.00 bits per heavy atom. The maximum absolute atomic E-state index is 14.9. The van der Waals surface area contributed by atoms with Crippen LogP contribution >= 0.6 is 22.7 Å². The highest BCUT2D eigenvalue weighted by molar-refractivity contribution is 7.16. The van der Waals surface area contributed by atoms with Gasteiger partial charge in [-0.2, -0.15) is 26.3 Å². The molecule has 2 aromatic rings. The van der Waals surface area contributed by atoms with Crippen LogP contribution in [0.15, 0.2) is 12.1 Å². The fourth-order valence-corrected chi connectivity index (χ4v) is 5.14. The molecule has 1 fully saturated rings. The standard InChI is InChI=1S/C17H16F6O4S2/c1-24-9-5-7(13(26-3)28-9)11-12(8-6-10(25-2)29-14(8)27-4)16(20,21)17(22,23)15(11,18)19/h5-6,11-12H,1-4H3. The SMILES string of the molecule is COc1cc(C2C(c3cc(OC)sc3OC)C(F)(F)C(F)(F)C2(F)F)c(OC)s1. The Kier molecular flexibility index (Phi) is 5.39. The van der Waals surface area contributed by atoms with Crippen LogP contribution in [0.5, 0.6) is 20.3 Å². The van der Waals surface area contributed by atoms with Crippen LogP contribution in [0.1, 0.15) is 23.0 Å². The van der Waals surface area contributed by atoms with Crippen molar-refractivity contribution in [2.24, 2.45) is 0 Å². The van der Waals surface area contributed by atoms with Crippen molar-refractivity contribution in [1.82, 2.24) is 0 Å². The van der Waals surface area contributed by atoms with Crippen molar-refractivity contribution in [3.63, 3.8) is 0 Å². The average molecular weight is 462 g/mol. The van der Waals surface area contributed by atoms with E-state index in [2.05, 4.69) is 0 Å². The highest BCUT2D eigenvalue weighted by atomic mass is 32.1. The smallest absolute Gasteiger partial charge is 0.373 e. The van der Waals surface area contributed by atoms with E-state index in [1.807, 2.05) is 0 Å². The topological polar surface area (TPSA) is 36.9 Å². The summed E-state index contributed by atoms with van der Waals surface area (Å²) in [5, 5.41) is -0.322. The Labute approximate surface area is 169 Å². The van der Waals surface area contributed by atoms with Crippen molar-refractivity contribution in [3.8, 4) is 20.3 Å². The maximum Gasteiger partial charge on any atom is 0.373 e. The van der Waals surface area contributed by atoms with E-state index in [1.54, 1.807) is 0 Å². The van der Waals surface area contributed by atoms with Gasteiger partial charge in [-0.3, -0.25) is 0 Å². The van der Waals surface area contributed by atoms with Crippen LogP contribution in [0.3, 0.4) is 0 Å². The monoisotopic (exact) mass is 462 g/mol. The largest absolute Gasteiger partial charge is 0.487 e. The van der Waals surface area contributed by atoms with Gasteiger partial charge in [-0.05, 0) is 12.1 Å². The van der Waals surface area contributed by atoms with Crippen molar-refractivity contribution in [2.45, 2.75) is 29.6 Å². The Bertz CT molecular complexity index is 824. The fourth-order valence-electron chi connectivity index (χ4n) is 3.47. The Hall–Kier alpha value is -1.82. The number of hydrogen-bond donors (Lipinski definition) is 0. The van der Waals surface area contributed by atoms with Crippen LogP contribution in [-0.4, -0.2) is 46.2 Å². The molecule has 0 saturated heterocycles. The molecule has 2 heterocycles. The van der Waals surface area contributed by atoms with Crippen LogP contribution in [0.2, 0.25) is 0 Å². The summed E-state index contributed by atoms with van der Waals surface area (Å²) >= 11 is 1.49. The molecule has 1 aliphatic rings. The first kappa shape index (κ1) is 21.9. The van der Waals surface area contributed by atoms with Crippen LogP contribution in [0, 0.1) is 0 Å². The van der Waals surface area contributed by atoms with E-state index in [9.17, 15) is 26.3 Å². The second-order valence-corrected chi connectivity index (χ2v) is 8.16. The molecular formula is C17H16F6O4S2. The van der Waals surface area contributed by atoms with E-state index in [0.717, 1.165) is 49.0 Å². The molecule has 4 nitrogen and oxygen atoms in total. The number of alkyl halides is 6. The summed E-state index contributed by atoms with van der Waals surface area (Å²) in [6.07, 6.45) is 0. The predicted octanol–water partition coefficient (Wildman–Crippen LogP) is 5.63. The van der Waals surface area contributed by atoms with Crippen molar-refractivity contribution in [1.29, 1.82) is 0 Å². The molecule has 162 valence electrons. The van der Waals surface area contributed by atoms with Gasteiger partial charge in [-0.1, -0.05) is 22.7 Å². The number of hydrogen-bond acceptors (Lipinski definition) is 6. The van der Waals surface area contributed by atoms with E-state index in [4.69, 9.17) is 18.9 Å². The average Bonchev–Trinajstić information content (AvgIpc) is 3.30. The van der Waals surface area contributed by atoms with Crippen LogP contribution < -0.4 is 18.9 Å². The van der Waals surface area contributed by atoms with Crippen LogP contribution in [-0.2, 0) is 0 Å². The quantitative estimate of drug-likeness (QED) is 0.522. The van der Waals surface area contributed by atoms with Gasteiger partial charge in [0.2, 0.25) is 0 Å². The van der Waals surface area contributed by atoms with Gasteiger partial charge in [0.1, 0.15) is 0 Å². The molecule has 0 N–H and O–H groups in total. The molecule has 3 rings (SSSR count). The molecule has 0 aromatic carbocycles. The number of halogens is 6. The zero-order valence-corrected chi connectivity index (χ0v) is 17.2. The zero-order chi connectivity index (χ0) is 21.8. The molecule has 0 spiro atoms. The van der Waals surface area contributed by atoms with E-state index in [0.29, 0.717) is 0 Å². The molecule has 2 aromatic heterocycles. The summed E-state index contributed by atoms with van der Waals surface area (Å²) in [6.45, 7) is 0. The van der Waals surface area contributed by atoms with Gasteiger partial charge in [-0.15, -0.1) is 0 Å². The van der Waals surface area contributed by atoms with Gasteiger partial charge in [0.05, 0.1) is 40.3 Å². The second kappa shape index (κ2) is 7.15. The predicted molar refractivity (Wildman–Crippen MR) is 95.2 cm³/mol. The summed E-state index contributed by atoms with van der Waals surface area (Å²) in [5.41, 5.74) is -0.984. The molecule has 1 saturated carbocycles. The number of rotatable bonds is 6. The number of thiophene rings is 2. The van der Waals surface area contributed by atoms with Crippen molar-refractivity contribution < 1.29 is 45.3 Å². The fraction of sp³-hybridized carbons (Fsp3) is 0.529. The number of ether oxygens (including phenoxy) is 4. The lowest BCUT2D eigenvalue weighted by Gasteiger charge is -2.25. The van der Waals surface area contributed by atoms with Crippen LogP contribution in [0.25, 0.3) is 0 Å². The Morgan fingerprint density at radius 3 is 1.28 bits per heavy atom. The van der Waals surface area contributed by atoms with Crippen molar-refractivity contribution >= 4 is 22.7 Å². The third-order valence-electron chi connectivity index (χ3n) is 4.80. The van der Waals surface area contributed by atoms with E-state index in [1.165, 1.54) is 14.2 Å². The summed E-state index contributed by atoms with van der Waals surface area (Å²) < 4.78 is 108. The molecule has 12 heteroatoms. The second-order valence-electron chi connectivity index (χ2n) is 6.21. The molecule has 2 unspecified atom stereocenters. The molecular weight excluding hydrogens is 446 g/mol. The molecule has 29 heavy (non-hydrogen) atoms. The van der Waals surface area contributed by atoms with E-state index in [-0.39, 0.29) is 20.3 Å². The van der Waals surface area contributed by atoms with Crippen molar-refractivity contribution in [2.75, 3.05) is 28.4 Å². The van der Waals surface area contributed by atoms with Gasteiger partial charge in [0.15, 0.2) is 20.3 Å². The van der Waals surface area contributed by atoms with E-state index >= 15 is 0 Å². The first-order valence-corrected chi connectivity index (χ1v) is 9.68.